The topological polar surface area (TPSA) is 75.0 Å². The highest BCUT2D eigenvalue weighted by atomic mass is 32.1. The summed E-state index contributed by atoms with van der Waals surface area (Å²) < 4.78 is 19.0. The van der Waals surface area contributed by atoms with Crippen LogP contribution in [-0.4, -0.2) is 34.9 Å². The molecule has 0 spiro atoms. The first-order valence-electron chi connectivity index (χ1n) is 12.1. The molecule has 0 radical (unpaired) electrons. The van der Waals surface area contributed by atoms with E-state index >= 15 is 0 Å². The third-order valence-electron chi connectivity index (χ3n) is 5.55. The van der Waals surface area contributed by atoms with Crippen molar-refractivity contribution in [3.63, 3.8) is 0 Å². The van der Waals surface area contributed by atoms with Crippen LogP contribution in [0.1, 0.15) is 51.5 Å². The van der Waals surface area contributed by atoms with Crippen molar-refractivity contribution < 1.29 is 14.2 Å². The Hall–Kier alpha value is -3.39. The van der Waals surface area contributed by atoms with E-state index in [1.807, 2.05) is 48.5 Å². The lowest BCUT2D eigenvalue weighted by molar-refractivity contribution is 0.288. The van der Waals surface area contributed by atoms with Crippen molar-refractivity contribution in [3.8, 4) is 28.6 Å². The van der Waals surface area contributed by atoms with E-state index in [1.54, 1.807) is 7.11 Å². The van der Waals surface area contributed by atoms with Crippen LogP contribution in [0.25, 0.3) is 22.4 Å². The van der Waals surface area contributed by atoms with E-state index in [-0.39, 0.29) is 5.56 Å². The van der Waals surface area contributed by atoms with Crippen LogP contribution in [0.4, 0.5) is 0 Å². The number of ether oxygens (including phenoxy) is 3. The van der Waals surface area contributed by atoms with E-state index < -0.39 is 0 Å². The summed E-state index contributed by atoms with van der Waals surface area (Å²) in [7, 11) is 1.61. The van der Waals surface area contributed by atoms with Gasteiger partial charge in [0, 0.05) is 5.56 Å². The Morgan fingerprint density at radius 3 is 2.43 bits per heavy atom. The molecule has 8 heteroatoms. The van der Waals surface area contributed by atoms with Crippen LogP contribution in [0.15, 0.2) is 47.3 Å². The van der Waals surface area contributed by atoms with Crippen molar-refractivity contribution in [2.75, 3.05) is 20.3 Å². The summed E-state index contributed by atoms with van der Waals surface area (Å²) in [5.74, 6) is 2.68. The number of hydrogen-bond donors (Lipinski definition) is 0. The molecule has 0 aliphatic carbocycles. The van der Waals surface area contributed by atoms with Gasteiger partial charge in [-0.3, -0.25) is 4.79 Å². The highest BCUT2D eigenvalue weighted by Crippen LogP contribution is 2.28. The van der Waals surface area contributed by atoms with Gasteiger partial charge in [-0.15, -0.1) is 5.10 Å². The lowest BCUT2D eigenvalue weighted by Gasteiger charge is -2.10. The van der Waals surface area contributed by atoms with Gasteiger partial charge >= 0.3 is 0 Å². The summed E-state index contributed by atoms with van der Waals surface area (Å²) >= 11 is 1.31. The maximum Gasteiger partial charge on any atom is 0.291 e. The molecular formula is C27H31N3O4S. The Labute approximate surface area is 209 Å². The molecule has 2 aromatic carbocycles. The fourth-order valence-electron chi connectivity index (χ4n) is 3.57. The third-order valence-corrected chi connectivity index (χ3v) is 6.51. The maximum atomic E-state index is 13.0. The molecule has 2 heterocycles. The number of nitrogens with zero attached hydrogens (tertiary/aromatic N) is 3. The van der Waals surface area contributed by atoms with Crippen LogP contribution < -0.4 is 24.3 Å². The average Bonchev–Trinajstić information content (AvgIpc) is 3.42. The van der Waals surface area contributed by atoms with Crippen LogP contribution >= 0.6 is 11.3 Å². The van der Waals surface area contributed by atoms with Crippen molar-refractivity contribution in [1.29, 1.82) is 0 Å². The van der Waals surface area contributed by atoms with Gasteiger partial charge in [0.1, 0.15) is 5.75 Å². The Morgan fingerprint density at radius 1 is 0.943 bits per heavy atom. The molecule has 7 nitrogen and oxygen atoms in total. The first-order valence-corrected chi connectivity index (χ1v) is 12.9. The Kier molecular flexibility index (Phi) is 8.36. The molecule has 0 unspecified atom stereocenters. The van der Waals surface area contributed by atoms with Crippen LogP contribution in [0.5, 0.6) is 17.2 Å². The second kappa shape index (κ2) is 11.8. The van der Waals surface area contributed by atoms with Gasteiger partial charge in [-0.2, -0.15) is 9.50 Å². The molecule has 4 rings (SSSR count). The second-order valence-corrected chi connectivity index (χ2v) is 9.25. The fraction of sp³-hybridized carbons (Fsp3) is 0.370. The van der Waals surface area contributed by atoms with Crippen LogP contribution in [-0.2, 0) is 0 Å². The zero-order chi connectivity index (χ0) is 24.6. The van der Waals surface area contributed by atoms with Crippen molar-refractivity contribution in [2.45, 2.75) is 46.0 Å². The largest absolute Gasteiger partial charge is 0.494 e. The minimum atomic E-state index is -0.193. The van der Waals surface area contributed by atoms with E-state index in [0.717, 1.165) is 42.6 Å². The van der Waals surface area contributed by atoms with E-state index in [9.17, 15) is 4.79 Å². The quantitative estimate of drug-likeness (QED) is 0.255. The van der Waals surface area contributed by atoms with Gasteiger partial charge in [0.05, 0.1) is 24.9 Å². The first kappa shape index (κ1) is 24.7. The van der Waals surface area contributed by atoms with Gasteiger partial charge in [0.25, 0.3) is 5.56 Å². The number of hydrogen-bond acceptors (Lipinski definition) is 7. The van der Waals surface area contributed by atoms with Crippen LogP contribution in [0, 0.1) is 0 Å². The summed E-state index contributed by atoms with van der Waals surface area (Å²) in [5, 5.41) is 4.45. The molecule has 0 saturated carbocycles. The van der Waals surface area contributed by atoms with Crippen molar-refractivity contribution in [1.82, 2.24) is 14.6 Å². The standard InChI is InChI=1S/C27H31N3O4S/c1-4-6-8-16-33-21-12-10-20(11-13-21)25-28-27-30(29-25)26(31)24(35-27)18-19-9-14-22(23(17-19)32-3)34-15-7-5-2/h9-14,17-18H,4-8,15-16H2,1-3H3/b24-18+. The van der Waals surface area contributed by atoms with E-state index in [2.05, 4.69) is 23.9 Å². The molecule has 4 aromatic rings. The fourth-order valence-corrected chi connectivity index (χ4v) is 4.48. The average molecular weight is 494 g/mol. The molecule has 0 N–H and O–H groups in total. The molecule has 0 amide bonds. The molecule has 0 saturated heterocycles. The van der Waals surface area contributed by atoms with E-state index in [1.165, 1.54) is 22.3 Å². The number of methoxy groups -OCH3 is 1. The minimum absolute atomic E-state index is 0.193. The zero-order valence-electron chi connectivity index (χ0n) is 20.5. The molecule has 0 atom stereocenters. The molecule has 35 heavy (non-hydrogen) atoms. The van der Waals surface area contributed by atoms with Crippen molar-refractivity contribution in [2.24, 2.45) is 0 Å². The van der Waals surface area contributed by atoms with Crippen molar-refractivity contribution in [3.05, 3.63) is 62.9 Å². The van der Waals surface area contributed by atoms with Crippen molar-refractivity contribution >= 4 is 22.4 Å². The van der Waals surface area contributed by atoms with Gasteiger partial charge in [-0.25, -0.2) is 0 Å². The summed E-state index contributed by atoms with van der Waals surface area (Å²) in [6.45, 7) is 5.65. The first-order chi connectivity index (χ1) is 17.1. The molecule has 0 bridgehead atoms. The van der Waals surface area contributed by atoms with E-state index in [0.29, 0.717) is 40.0 Å². The van der Waals surface area contributed by atoms with Gasteiger partial charge in [-0.05, 0) is 60.9 Å². The third kappa shape index (κ3) is 6.00. The predicted molar refractivity (Wildman–Crippen MR) is 140 cm³/mol. The molecule has 0 fully saturated rings. The number of thiazole rings is 1. The van der Waals surface area contributed by atoms with Gasteiger partial charge in [0.2, 0.25) is 4.96 Å². The smallest absolute Gasteiger partial charge is 0.291 e. The Bertz CT molecular complexity index is 1360. The van der Waals surface area contributed by atoms with E-state index in [4.69, 9.17) is 14.2 Å². The Morgan fingerprint density at radius 2 is 1.71 bits per heavy atom. The highest BCUT2D eigenvalue weighted by molar-refractivity contribution is 7.15. The van der Waals surface area contributed by atoms with Crippen LogP contribution in [0.3, 0.4) is 0 Å². The summed E-state index contributed by atoms with van der Waals surface area (Å²) in [6, 6.07) is 13.3. The Balaban J connectivity index is 1.52. The normalized spacial score (nSPS) is 11.8. The lowest BCUT2D eigenvalue weighted by Crippen LogP contribution is -2.23. The maximum absolute atomic E-state index is 13.0. The van der Waals surface area contributed by atoms with Crippen LogP contribution in [0.2, 0.25) is 0 Å². The zero-order valence-corrected chi connectivity index (χ0v) is 21.3. The predicted octanol–water partition coefficient (Wildman–Crippen LogP) is 5.12. The molecule has 0 aliphatic heterocycles. The number of aromatic nitrogens is 3. The number of rotatable bonds is 12. The molecule has 184 valence electrons. The number of fused-ring (bicyclic) bond motifs is 1. The minimum Gasteiger partial charge on any atom is -0.494 e. The monoisotopic (exact) mass is 493 g/mol. The lowest BCUT2D eigenvalue weighted by atomic mass is 10.2. The molecule has 2 aromatic heterocycles. The molecular weight excluding hydrogens is 462 g/mol. The highest BCUT2D eigenvalue weighted by Gasteiger charge is 2.13. The SMILES string of the molecule is CCCCCOc1ccc(-c2nc3s/c(=C/c4ccc(OCCCC)c(OC)c4)c(=O)n3n2)cc1. The summed E-state index contributed by atoms with van der Waals surface area (Å²) in [4.78, 5) is 18.1. The molecule has 0 aliphatic rings. The summed E-state index contributed by atoms with van der Waals surface area (Å²) in [6.07, 6.45) is 7.25. The summed E-state index contributed by atoms with van der Waals surface area (Å²) in [5.41, 5.74) is 1.50. The van der Waals surface area contributed by atoms with Gasteiger partial charge < -0.3 is 14.2 Å². The number of benzene rings is 2. The number of unbranched alkanes of at least 4 members (excludes halogenated alkanes) is 3. The second-order valence-electron chi connectivity index (χ2n) is 8.24. The van der Waals surface area contributed by atoms with Gasteiger partial charge in [0.15, 0.2) is 17.3 Å². The van der Waals surface area contributed by atoms with Gasteiger partial charge in [-0.1, -0.05) is 50.5 Å².